The van der Waals surface area contributed by atoms with Crippen LogP contribution in [-0.4, -0.2) is 10.9 Å². The molecule has 60 valence electrons. The molecule has 0 spiro atoms. The number of amides is 1. The quantitative estimate of drug-likeness (QED) is 0.717. The summed E-state index contributed by atoms with van der Waals surface area (Å²) in [5, 5.41) is 1.89. The smallest absolute Gasteiger partial charge is 0.250 e. The lowest BCUT2D eigenvalue weighted by atomic mass is 10.2. The van der Waals surface area contributed by atoms with Crippen molar-refractivity contribution in [3.05, 3.63) is 29.3 Å². The van der Waals surface area contributed by atoms with Crippen LogP contribution in [0, 0.1) is 0 Å². The first kappa shape index (κ1) is 7.24. The lowest BCUT2D eigenvalue weighted by Gasteiger charge is -1.94. The third-order valence-corrected chi connectivity index (χ3v) is 2.55. The van der Waals surface area contributed by atoms with E-state index in [2.05, 4.69) is 4.98 Å². The largest absolute Gasteiger partial charge is 0.366 e. The molecule has 2 aromatic rings. The molecule has 0 fully saturated rings. The number of carbonyl (C=O) groups excluding carboxylic acids is 1. The van der Waals surface area contributed by atoms with Crippen molar-refractivity contribution >= 4 is 27.5 Å². The van der Waals surface area contributed by atoms with Crippen LogP contribution < -0.4 is 5.73 Å². The molecule has 3 nitrogen and oxygen atoms in total. The first-order valence-corrected chi connectivity index (χ1v) is 4.29. The van der Waals surface area contributed by atoms with Gasteiger partial charge in [0.25, 0.3) is 0 Å². The highest BCUT2D eigenvalue weighted by Crippen LogP contribution is 2.21. The van der Waals surface area contributed by atoms with E-state index < -0.39 is 5.91 Å². The fourth-order valence-corrected chi connectivity index (χ4v) is 1.94. The summed E-state index contributed by atoms with van der Waals surface area (Å²) >= 11 is 1.48. The van der Waals surface area contributed by atoms with Crippen LogP contribution in [0.15, 0.2) is 23.7 Å². The lowest BCUT2D eigenvalue weighted by molar-refractivity contribution is 0.100. The normalized spacial score (nSPS) is 10.3. The summed E-state index contributed by atoms with van der Waals surface area (Å²) in [6.07, 6.45) is 1.59. The van der Waals surface area contributed by atoms with Crippen molar-refractivity contribution in [2.75, 3.05) is 0 Å². The maximum atomic E-state index is 10.9. The standard InChI is InChI=1S/C8H6N2OS/c9-8(11)5-1-3-10-6-2-4-12-7(5)6/h1-4H,(H2,9,11). The number of carbonyl (C=O) groups is 1. The average molecular weight is 178 g/mol. The fourth-order valence-electron chi connectivity index (χ4n) is 1.07. The van der Waals surface area contributed by atoms with E-state index in [9.17, 15) is 4.79 Å². The zero-order valence-electron chi connectivity index (χ0n) is 6.15. The summed E-state index contributed by atoms with van der Waals surface area (Å²) in [7, 11) is 0. The molecule has 2 rings (SSSR count). The van der Waals surface area contributed by atoms with Crippen LogP contribution in [0.3, 0.4) is 0 Å². The fraction of sp³-hybridized carbons (Fsp3) is 0. The first-order valence-electron chi connectivity index (χ1n) is 3.41. The van der Waals surface area contributed by atoms with Crippen LogP contribution in [0.4, 0.5) is 0 Å². The second-order valence-electron chi connectivity index (χ2n) is 2.36. The predicted octanol–water partition coefficient (Wildman–Crippen LogP) is 1.40. The minimum Gasteiger partial charge on any atom is -0.366 e. The van der Waals surface area contributed by atoms with Crippen molar-refractivity contribution in [1.82, 2.24) is 4.98 Å². The summed E-state index contributed by atoms with van der Waals surface area (Å²) in [6, 6.07) is 3.51. The Balaban J connectivity index is 2.82. The highest BCUT2D eigenvalue weighted by atomic mass is 32.1. The summed E-state index contributed by atoms with van der Waals surface area (Å²) < 4.78 is 0.866. The molecule has 0 aliphatic carbocycles. The number of hydrogen-bond donors (Lipinski definition) is 1. The Morgan fingerprint density at radius 1 is 1.50 bits per heavy atom. The molecule has 0 aliphatic heterocycles. The molecule has 0 aromatic carbocycles. The lowest BCUT2D eigenvalue weighted by Crippen LogP contribution is -2.10. The second-order valence-corrected chi connectivity index (χ2v) is 3.27. The van der Waals surface area contributed by atoms with Gasteiger partial charge in [0.05, 0.1) is 15.8 Å². The van der Waals surface area contributed by atoms with E-state index in [-0.39, 0.29) is 0 Å². The van der Waals surface area contributed by atoms with Gasteiger partial charge >= 0.3 is 0 Å². The molecule has 0 saturated carbocycles. The summed E-state index contributed by atoms with van der Waals surface area (Å²) in [5.41, 5.74) is 6.56. The molecule has 4 heteroatoms. The van der Waals surface area contributed by atoms with Gasteiger partial charge in [-0.25, -0.2) is 0 Å². The number of primary amides is 1. The topological polar surface area (TPSA) is 56.0 Å². The molecule has 12 heavy (non-hydrogen) atoms. The Bertz CT molecular complexity index is 435. The van der Waals surface area contributed by atoms with E-state index in [4.69, 9.17) is 5.73 Å². The second kappa shape index (κ2) is 2.57. The first-order chi connectivity index (χ1) is 5.79. The number of thiophene rings is 1. The molecule has 0 radical (unpaired) electrons. The van der Waals surface area contributed by atoms with Gasteiger partial charge < -0.3 is 5.73 Å². The van der Waals surface area contributed by atoms with Gasteiger partial charge in [0.2, 0.25) is 5.91 Å². The van der Waals surface area contributed by atoms with Gasteiger partial charge in [-0.3, -0.25) is 9.78 Å². The average Bonchev–Trinajstić information content (AvgIpc) is 2.49. The van der Waals surface area contributed by atoms with Crippen LogP contribution in [0.1, 0.15) is 10.4 Å². The molecular weight excluding hydrogens is 172 g/mol. The Hall–Kier alpha value is -1.42. The van der Waals surface area contributed by atoms with E-state index in [0.29, 0.717) is 5.56 Å². The maximum absolute atomic E-state index is 10.9. The van der Waals surface area contributed by atoms with E-state index in [1.807, 2.05) is 11.4 Å². The molecule has 0 bridgehead atoms. The van der Waals surface area contributed by atoms with Gasteiger partial charge in [-0.05, 0) is 17.5 Å². The molecule has 0 saturated heterocycles. The monoisotopic (exact) mass is 178 g/mol. The van der Waals surface area contributed by atoms with Gasteiger partial charge in [-0.1, -0.05) is 0 Å². The highest BCUT2D eigenvalue weighted by Gasteiger charge is 2.06. The van der Waals surface area contributed by atoms with Gasteiger partial charge in [-0.15, -0.1) is 11.3 Å². The molecule has 2 N–H and O–H groups in total. The van der Waals surface area contributed by atoms with Crippen LogP contribution in [0.25, 0.3) is 10.2 Å². The van der Waals surface area contributed by atoms with Crippen LogP contribution in [-0.2, 0) is 0 Å². The van der Waals surface area contributed by atoms with E-state index in [1.165, 1.54) is 11.3 Å². The molecule has 1 amide bonds. The highest BCUT2D eigenvalue weighted by molar-refractivity contribution is 7.17. The minimum absolute atomic E-state index is 0.398. The minimum atomic E-state index is -0.398. The zero-order chi connectivity index (χ0) is 8.55. The Kier molecular flexibility index (Phi) is 1.55. The molecular formula is C8H6N2OS. The number of aromatic nitrogens is 1. The van der Waals surface area contributed by atoms with Crippen LogP contribution in [0.2, 0.25) is 0 Å². The molecule has 0 aliphatic rings. The molecule has 2 heterocycles. The molecule has 0 atom stereocenters. The maximum Gasteiger partial charge on any atom is 0.250 e. The predicted molar refractivity (Wildman–Crippen MR) is 48.1 cm³/mol. The molecule has 2 aromatic heterocycles. The van der Waals surface area contributed by atoms with Gasteiger partial charge in [0, 0.05) is 6.20 Å². The van der Waals surface area contributed by atoms with Crippen LogP contribution >= 0.6 is 11.3 Å². The SMILES string of the molecule is NC(=O)c1ccnc2ccsc12. The van der Waals surface area contributed by atoms with Gasteiger partial charge in [0.1, 0.15) is 0 Å². The number of fused-ring (bicyclic) bond motifs is 1. The van der Waals surface area contributed by atoms with Crippen molar-refractivity contribution in [3.8, 4) is 0 Å². The van der Waals surface area contributed by atoms with Crippen LogP contribution in [0.5, 0.6) is 0 Å². The van der Waals surface area contributed by atoms with E-state index in [0.717, 1.165) is 10.2 Å². The number of nitrogens with two attached hydrogens (primary N) is 1. The summed E-state index contributed by atoms with van der Waals surface area (Å²) in [6.45, 7) is 0. The molecule has 0 unspecified atom stereocenters. The number of nitrogens with zero attached hydrogens (tertiary/aromatic N) is 1. The summed E-state index contributed by atoms with van der Waals surface area (Å²) in [5.74, 6) is -0.398. The number of hydrogen-bond acceptors (Lipinski definition) is 3. The van der Waals surface area contributed by atoms with E-state index >= 15 is 0 Å². The van der Waals surface area contributed by atoms with Crippen molar-refractivity contribution in [2.45, 2.75) is 0 Å². The van der Waals surface area contributed by atoms with Gasteiger partial charge in [-0.2, -0.15) is 0 Å². The number of rotatable bonds is 1. The van der Waals surface area contributed by atoms with E-state index in [1.54, 1.807) is 12.3 Å². The van der Waals surface area contributed by atoms with Crippen molar-refractivity contribution in [2.24, 2.45) is 5.73 Å². The third kappa shape index (κ3) is 0.967. The summed E-state index contributed by atoms with van der Waals surface area (Å²) in [4.78, 5) is 15.0. The van der Waals surface area contributed by atoms with Crippen molar-refractivity contribution in [3.63, 3.8) is 0 Å². The zero-order valence-corrected chi connectivity index (χ0v) is 6.97. The Morgan fingerprint density at radius 2 is 2.33 bits per heavy atom. The van der Waals surface area contributed by atoms with Gasteiger partial charge in [0.15, 0.2) is 0 Å². The Morgan fingerprint density at radius 3 is 3.08 bits per heavy atom. The van der Waals surface area contributed by atoms with Crippen molar-refractivity contribution in [1.29, 1.82) is 0 Å². The Labute approximate surface area is 72.8 Å². The number of pyridine rings is 1. The third-order valence-electron chi connectivity index (χ3n) is 1.61. The van der Waals surface area contributed by atoms with Crippen molar-refractivity contribution < 1.29 is 4.79 Å².